The van der Waals surface area contributed by atoms with Gasteiger partial charge >= 0.3 is 0 Å². The van der Waals surface area contributed by atoms with Crippen LogP contribution in [0.2, 0.25) is 0 Å². The molecule has 1 aromatic carbocycles. The maximum absolute atomic E-state index is 9.68. The van der Waals surface area contributed by atoms with Crippen molar-refractivity contribution < 1.29 is 9.63 Å². The van der Waals surface area contributed by atoms with Crippen LogP contribution in [0.4, 0.5) is 0 Å². The van der Waals surface area contributed by atoms with Gasteiger partial charge in [-0.3, -0.25) is 0 Å². The van der Waals surface area contributed by atoms with Crippen LogP contribution >= 0.6 is 0 Å². The number of nitrogens with zero attached hydrogens (tertiary/aromatic N) is 1. The van der Waals surface area contributed by atoms with E-state index in [0.29, 0.717) is 12.2 Å². The number of aromatic nitrogens is 1. The Morgan fingerprint density at radius 3 is 2.81 bits per heavy atom. The van der Waals surface area contributed by atoms with Gasteiger partial charge in [0.25, 0.3) is 0 Å². The lowest BCUT2D eigenvalue weighted by atomic mass is 10.1. The van der Waals surface area contributed by atoms with Crippen molar-refractivity contribution in [2.75, 3.05) is 0 Å². The fourth-order valence-corrected chi connectivity index (χ4v) is 1.47. The Kier molecular flexibility index (Phi) is 3.17. The molecule has 1 unspecified atom stereocenters. The Balaban J connectivity index is 2.23. The minimum Gasteiger partial charge on any atom is -0.385 e. The highest BCUT2D eigenvalue weighted by molar-refractivity contribution is 5.58. The third-order valence-electron chi connectivity index (χ3n) is 2.32. The Bertz CT molecular complexity index is 462. The third kappa shape index (κ3) is 2.20. The van der Waals surface area contributed by atoms with Crippen molar-refractivity contribution in [3.8, 4) is 11.3 Å². The number of hydrogen-bond donors (Lipinski definition) is 1. The molecule has 0 aliphatic carbocycles. The predicted octanol–water partition coefficient (Wildman–Crippen LogP) is 2.95. The maximum atomic E-state index is 9.68. The molecule has 82 valence electrons. The van der Waals surface area contributed by atoms with Crippen molar-refractivity contribution in [2.24, 2.45) is 0 Å². The third-order valence-corrected chi connectivity index (χ3v) is 2.32. The van der Waals surface area contributed by atoms with Crippen molar-refractivity contribution in [1.29, 1.82) is 0 Å². The second-order valence-electron chi connectivity index (χ2n) is 3.52. The molecule has 16 heavy (non-hydrogen) atoms. The van der Waals surface area contributed by atoms with Gasteiger partial charge in [-0.2, -0.15) is 0 Å². The first-order valence-corrected chi connectivity index (χ1v) is 5.12. The first kappa shape index (κ1) is 10.6. The summed E-state index contributed by atoms with van der Waals surface area (Å²) in [6.07, 6.45) is 1.45. The van der Waals surface area contributed by atoms with E-state index in [2.05, 4.69) is 11.7 Å². The van der Waals surface area contributed by atoms with Gasteiger partial charge in [0.05, 0.1) is 0 Å². The molecule has 1 atom stereocenters. The molecule has 0 aliphatic heterocycles. The van der Waals surface area contributed by atoms with E-state index in [1.54, 1.807) is 12.1 Å². The summed E-state index contributed by atoms with van der Waals surface area (Å²) >= 11 is 0. The average Bonchev–Trinajstić information content (AvgIpc) is 2.80. The second kappa shape index (κ2) is 4.77. The van der Waals surface area contributed by atoms with E-state index in [1.807, 2.05) is 30.3 Å². The predicted molar refractivity (Wildman–Crippen MR) is 61.7 cm³/mol. The number of rotatable bonds is 4. The molecule has 2 aromatic rings. The number of benzene rings is 1. The summed E-state index contributed by atoms with van der Waals surface area (Å²) < 4.78 is 5.09. The lowest BCUT2D eigenvalue weighted by Crippen LogP contribution is -1.92. The smallest absolute Gasteiger partial charge is 0.166 e. The Morgan fingerprint density at radius 1 is 1.38 bits per heavy atom. The normalized spacial score (nSPS) is 12.3. The Labute approximate surface area is 94.0 Å². The van der Waals surface area contributed by atoms with Gasteiger partial charge in [-0.05, 0) is 6.42 Å². The van der Waals surface area contributed by atoms with Crippen LogP contribution in [0.25, 0.3) is 11.3 Å². The summed E-state index contributed by atoms with van der Waals surface area (Å²) in [4.78, 5) is 0. The van der Waals surface area contributed by atoms with Crippen LogP contribution in [-0.4, -0.2) is 10.3 Å². The quantitative estimate of drug-likeness (QED) is 0.797. The van der Waals surface area contributed by atoms with Crippen molar-refractivity contribution in [3.63, 3.8) is 0 Å². The first-order chi connectivity index (χ1) is 7.81. The van der Waals surface area contributed by atoms with E-state index in [1.165, 1.54) is 0 Å². The molecule has 0 spiro atoms. The summed E-state index contributed by atoms with van der Waals surface area (Å²) in [7, 11) is 0. The molecular weight excluding hydrogens is 202 g/mol. The number of hydrogen-bond acceptors (Lipinski definition) is 3. The largest absolute Gasteiger partial charge is 0.385 e. The zero-order valence-corrected chi connectivity index (χ0v) is 8.84. The summed E-state index contributed by atoms with van der Waals surface area (Å²) in [5.41, 5.74) is 1.71. The van der Waals surface area contributed by atoms with E-state index in [-0.39, 0.29) is 0 Å². The van der Waals surface area contributed by atoms with Crippen LogP contribution < -0.4 is 0 Å². The van der Waals surface area contributed by atoms with Gasteiger partial charge in [-0.15, -0.1) is 6.58 Å². The average molecular weight is 215 g/mol. The van der Waals surface area contributed by atoms with E-state index in [9.17, 15) is 5.11 Å². The standard InChI is InChI=1S/C13H13NO2/c1-2-6-12(15)13-9-11(14-16-13)10-7-4-3-5-8-10/h2-5,7-9,12,15H,1,6H2. The van der Waals surface area contributed by atoms with Gasteiger partial charge in [0.1, 0.15) is 11.8 Å². The molecular formula is C13H13NO2. The summed E-state index contributed by atoms with van der Waals surface area (Å²) in [6, 6.07) is 11.5. The minimum atomic E-state index is -0.664. The van der Waals surface area contributed by atoms with Gasteiger partial charge in [-0.1, -0.05) is 41.6 Å². The van der Waals surface area contributed by atoms with Crippen molar-refractivity contribution in [1.82, 2.24) is 5.16 Å². The van der Waals surface area contributed by atoms with Gasteiger partial charge in [0.15, 0.2) is 5.76 Å². The van der Waals surface area contributed by atoms with Crippen LogP contribution in [0.3, 0.4) is 0 Å². The lowest BCUT2D eigenvalue weighted by molar-refractivity contribution is 0.142. The molecule has 0 bridgehead atoms. The summed E-state index contributed by atoms with van der Waals surface area (Å²) in [5, 5.41) is 13.6. The summed E-state index contributed by atoms with van der Waals surface area (Å²) in [6.45, 7) is 3.57. The highest BCUT2D eigenvalue weighted by Crippen LogP contribution is 2.23. The molecule has 3 heteroatoms. The minimum absolute atomic E-state index is 0.462. The summed E-state index contributed by atoms with van der Waals surface area (Å²) in [5.74, 6) is 0.471. The van der Waals surface area contributed by atoms with Gasteiger partial charge in [0, 0.05) is 11.6 Å². The van der Waals surface area contributed by atoms with Crippen LogP contribution in [-0.2, 0) is 0 Å². The second-order valence-corrected chi connectivity index (χ2v) is 3.52. The van der Waals surface area contributed by atoms with E-state index in [4.69, 9.17) is 4.52 Å². The zero-order valence-electron chi connectivity index (χ0n) is 8.84. The molecule has 1 aromatic heterocycles. The topological polar surface area (TPSA) is 46.3 Å². The van der Waals surface area contributed by atoms with Crippen LogP contribution in [0.15, 0.2) is 53.6 Å². The first-order valence-electron chi connectivity index (χ1n) is 5.12. The van der Waals surface area contributed by atoms with Crippen LogP contribution in [0.5, 0.6) is 0 Å². The fraction of sp³-hybridized carbons (Fsp3) is 0.154. The fourth-order valence-electron chi connectivity index (χ4n) is 1.47. The van der Waals surface area contributed by atoms with Gasteiger partial charge < -0.3 is 9.63 Å². The molecule has 0 fully saturated rings. The molecule has 0 radical (unpaired) electrons. The molecule has 2 rings (SSSR count). The highest BCUT2D eigenvalue weighted by Gasteiger charge is 2.13. The maximum Gasteiger partial charge on any atom is 0.166 e. The Hall–Kier alpha value is -1.87. The molecule has 1 N–H and O–H groups in total. The van der Waals surface area contributed by atoms with E-state index < -0.39 is 6.10 Å². The lowest BCUT2D eigenvalue weighted by Gasteiger charge is -2.00. The van der Waals surface area contributed by atoms with Crippen LogP contribution in [0.1, 0.15) is 18.3 Å². The SMILES string of the molecule is C=CCC(O)c1cc(-c2ccccc2)no1. The van der Waals surface area contributed by atoms with Crippen molar-refractivity contribution in [3.05, 3.63) is 54.8 Å². The Morgan fingerprint density at radius 2 is 2.12 bits per heavy atom. The van der Waals surface area contributed by atoms with Crippen molar-refractivity contribution >= 4 is 0 Å². The molecule has 0 saturated heterocycles. The molecule has 0 aliphatic rings. The number of aliphatic hydroxyl groups is 1. The van der Waals surface area contributed by atoms with E-state index >= 15 is 0 Å². The zero-order chi connectivity index (χ0) is 11.4. The monoisotopic (exact) mass is 215 g/mol. The van der Waals surface area contributed by atoms with Gasteiger partial charge in [0.2, 0.25) is 0 Å². The molecule has 1 heterocycles. The van der Waals surface area contributed by atoms with E-state index in [0.717, 1.165) is 11.3 Å². The molecule has 3 nitrogen and oxygen atoms in total. The molecule has 0 amide bonds. The van der Waals surface area contributed by atoms with Crippen LogP contribution in [0, 0.1) is 0 Å². The highest BCUT2D eigenvalue weighted by atomic mass is 16.5. The molecule has 0 saturated carbocycles. The van der Waals surface area contributed by atoms with Gasteiger partial charge in [-0.25, -0.2) is 0 Å². The van der Waals surface area contributed by atoms with Crippen molar-refractivity contribution in [2.45, 2.75) is 12.5 Å². The number of aliphatic hydroxyl groups excluding tert-OH is 1.